The molecule has 0 radical (unpaired) electrons. The Balaban J connectivity index is 1.29. The maximum absolute atomic E-state index is 9.83. The fraction of sp³-hybridized carbons (Fsp3) is 0.478. The maximum atomic E-state index is 9.83. The van der Waals surface area contributed by atoms with Crippen molar-refractivity contribution in [3.05, 3.63) is 59.1 Å². The van der Waals surface area contributed by atoms with Crippen molar-refractivity contribution in [3.8, 4) is 0 Å². The molecular weight excluding hydrogens is 334 g/mol. The van der Waals surface area contributed by atoms with Crippen LogP contribution in [0.4, 0.5) is 5.82 Å². The summed E-state index contributed by atoms with van der Waals surface area (Å²) in [5.74, 6) is 1.59. The summed E-state index contributed by atoms with van der Waals surface area (Å²) in [6.07, 6.45) is 13.5. The number of hydrogen-bond acceptors (Lipinski definition) is 4. The predicted octanol–water partition coefficient (Wildman–Crippen LogP) is 3.78. The fourth-order valence-corrected chi connectivity index (χ4v) is 4.73. The third-order valence-electron chi connectivity index (χ3n) is 6.53. The van der Waals surface area contributed by atoms with E-state index in [9.17, 15) is 5.11 Å². The van der Waals surface area contributed by atoms with E-state index in [4.69, 9.17) is 0 Å². The monoisotopic (exact) mass is 361 g/mol. The van der Waals surface area contributed by atoms with E-state index in [1.807, 2.05) is 6.20 Å². The van der Waals surface area contributed by atoms with Crippen LogP contribution in [0.25, 0.3) is 6.08 Å². The topological polar surface area (TPSA) is 49.3 Å². The van der Waals surface area contributed by atoms with Gasteiger partial charge in [0.25, 0.3) is 0 Å². The molecule has 1 N–H and O–H groups in total. The normalized spacial score (nSPS) is 21.1. The Morgan fingerprint density at radius 1 is 1.11 bits per heavy atom. The second kappa shape index (κ2) is 6.75. The quantitative estimate of drug-likeness (QED) is 0.900. The van der Waals surface area contributed by atoms with Gasteiger partial charge in [0.15, 0.2) is 5.82 Å². The summed E-state index contributed by atoms with van der Waals surface area (Å²) in [6, 6.07) is 8.91. The van der Waals surface area contributed by atoms with Crippen molar-refractivity contribution in [3.63, 3.8) is 0 Å². The molecule has 27 heavy (non-hydrogen) atoms. The van der Waals surface area contributed by atoms with Gasteiger partial charge < -0.3 is 10.0 Å². The lowest BCUT2D eigenvalue weighted by atomic mass is 9.76. The molecular formula is C23H27N3O. The molecule has 0 amide bonds. The van der Waals surface area contributed by atoms with Gasteiger partial charge in [0, 0.05) is 13.1 Å². The smallest absolute Gasteiger partial charge is 0.152 e. The molecule has 1 saturated heterocycles. The van der Waals surface area contributed by atoms with Crippen molar-refractivity contribution < 1.29 is 5.11 Å². The van der Waals surface area contributed by atoms with Gasteiger partial charge in [-0.05, 0) is 67.1 Å². The first kappa shape index (κ1) is 16.9. The van der Waals surface area contributed by atoms with Crippen LogP contribution >= 0.6 is 0 Å². The van der Waals surface area contributed by atoms with Crippen molar-refractivity contribution in [2.24, 2.45) is 11.3 Å². The molecule has 0 atom stereocenters. The molecule has 140 valence electrons. The minimum Gasteiger partial charge on any atom is -0.390 e. The minimum absolute atomic E-state index is 0.0550. The van der Waals surface area contributed by atoms with Crippen LogP contribution in [0.3, 0.4) is 0 Å². The Labute approximate surface area is 161 Å². The van der Waals surface area contributed by atoms with Crippen LogP contribution in [0.15, 0.2) is 36.5 Å². The number of aromatic nitrogens is 2. The number of anilines is 1. The maximum Gasteiger partial charge on any atom is 0.152 e. The lowest BCUT2D eigenvalue weighted by Gasteiger charge is -2.40. The van der Waals surface area contributed by atoms with Gasteiger partial charge in [-0.1, -0.05) is 30.3 Å². The van der Waals surface area contributed by atoms with Crippen molar-refractivity contribution in [2.45, 2.75) is 45.1 Å². The first-order valence-corrected chi connectivity index (χ1v) is 10.2. The Bertz CT molecular complexity index is 837. The van der Waals surface area contributed by atoms with Crippen LogP contribution in [0.5, 0.6) is 0 Å². The number of aliphatic hydroxyl groups excluding tert-OH is 1. The predicted molar refractivity (Wildman–Crippen MR) is 107 cm³/mol. The van der Waals surface area contributed by atoms with Crippen LogP contribution in [0.2, 0.25) is 0 Å². The SMILES string of the molecule is OCc1nc(/C=C\C2CC2)cnc1N1CCC2(CC1)Cc1ccccc1C2. The molecule has 0 unspecified atom stereocenters. The summed E-state index contributed by atoms with van der Waals surface area (Å²) in [7, 11) is 0. The van der Waals surface area contributed by atoms with E-state index in [-0.39, 0.29) is 6.61 Å². The van der Waals surface area contributed by atoms with Crippen LogP contribution in [0.1, 0.15) is 48.2 Å². The number of piperidine rings is 1. The second-order valence-electron chi connectivity index (χ2n) is 8.53. The highest BCUT2D eigenvalue weighted by Crippen LogP contribution is 2.45. The highest BCUT2D eigenvalue weighted by Gasteiger charge is 2.40. The lowest BCUT2D eigenvalue weighted by Crippen LogP contribution is -2.41. The molecule has 4 heteroatoms. The molecule has 2 fully saturated rings. The van der Waals surface area contributed by atoms with Crippen molar-refractivity contribution in [1.82, 2.24) is 9.97 Å². The van der Waals surface area contributed by atoms with Gasteiger partial charge in [0.1, 0.15) is 5.69 Å². The number of aliphatic hydroxyl groups is 1. The van der Waals surface area contributed by atoms with E-state index in [2.05, 4.69) is 51.3 Å². The Morgan fingerprint density at radius 2 is 1.81 bits per heavy atom. The standard InChI is InChI=1S/C23H27N3O/c27-16-21-22(24-15-20(25-21)8-7-17-5-6-17)26-11-9-23(10-12-26)13-18-3-1-2-4-19(18)14-23/h1-4,7-8,15,17,27H,5-6,9-14,16H2/b8-7-. The van der Waals surface area contributed by atoms with Gasteiger partial charge in [0.05, 0.1) is 18.5 Å². The molecule has 5 rings (SSSR count). The Kier molecular flexibility index (Phi) is 4.24. The number of allylic oxidation sites excluding steroid dienone is 1. The van der Waals surface area contributed by atoms with Gasteiger partial charge in [0.2, 0.25) is 0 Å². The van der Waals surface area contributed by atoms with E-state index in [1.165, 1.54) is 49.7 Å². The second-order valence-corrected chi connectivity index (χ2v) is 8.53. The largest absolute Gasteiger partial charge is 0.390 e. The Morgan fingerprint density at radius 3 is 2.44 bits per heavy atom. The van der Waals surface area contributed by atoms with E-state index in [1.54, 1.807) is 0 Å². The van der Waals surface area contributed by atoms with Crippen LogP contribution in [-0.4, -0.2) is 28.2 Å². The first-order chi connectivity index (χ1) is 13.2. The number of nitrogens with zero attached hydrogens (tertiary/aromatic N) is 3. The molecule has 1 aliphatic heterocycles. The molecule has 2 aromatic rings. The molecule has 3 aliphatic rings. The van der Waals surface area contributed by atoms with Crippen LogP contribution in [-0.2, 0) is 19.4 Å². The molecule has 0 bridgehead atoms. The van der Waals surface area contributed by atoms with E-state index < -0.39 is 0 Å². The lowest BCUT2D eigenvalue weighted by molar-refractivity contribution is 0.231. The first-order valence-electron chi connectivity index (χ1n) is 10.2. The highest BCUT2D eigenvalue weighted by atomic mass is 16.3. The van der Waals surface area contributed by atoms with Crippen LogP contribution in [0, 0.1) is 11.3 Å². The van der Waals surface area contributed by atoms with Gasteiger partial charge in [-0.15, -0.1) is 0 Å². The average molecular weight is 361 g/mol. The fourth-order valence-electron chi connectivity index (χ4n) is 4.73. The highest BCUT2D eigenvalue weighted by molar-refractivity contribution is 5.50. The summed E-state index contributed by atoms with van der Waals surface area (Å²) < 4.78 is 0. The molecule has 2 heterocycles. The van der Waals surface area contributed by atoms with Crippen LogP contribution < -0.4 is 4.90 Å². The molecule has 1 spiro atoms. The summed E-state index contributed by atoms with van der Waals surface area (Å²) in [6.45, 7) is 1.93. The zero-order valence-electron chi connectivity index (χ0n) is 15.8. The molecule has 2 aliphatic carbocycles. The number of fused-ring (bicyclic) bond motifs is 1. The summed E-state index contributed by atoms with van der Waals surface area (Å²) in [5.41, 5.74) is 5.05. The minimum atomic E-state index is -0.0550. The molecule has 4 nitrogen and oxygen atoms in total. The van der Waals surface area contributed by atoms with E-state index in [0.717, 1.165) is 30.5 Å². The summed E-state index contributed by atoms with van der Waals surface area (Å²) >= 11 is 0. The summed E-state index contributed by atoms with van der Waals surface area (Å²) in [5, 5.41) is 9.83. The summed E-state index contributed by atoms with van der Waals surface area (Å²) in [4.78, 5) is 11.6. The molecule has 1 aromatic carbocycles. The van der Waals surface area contributed by atoms with E-state index in [0.29, 0.717) is 11.1 Å². The van der Waals surface area contributed by atoms with Gasteiger partial charge in [-0.3, -0.25) is 0 Å². The van der Waals surface area contributed by atoms with Gasteiger partial charge in [-0.25, -0.2) is 9.97 Å². The third kappa shape index (κ3) is 3.39. The van der Waals surface area contributed by atoms with Gasteiger partial charge >= 0.3 is 0 Å². The average Bonchev–Trinajstić information content (AvgIpc) is 3.47. The number of hydrogen-bond donors (Lipinski definition) is 1. The van der Waals surface area contributed by atoms with Crippen molar-refractivity contribution >= 4 is 11.9 Å². The van der Waals surface area contributed by atoms with Gasteiger partial charge in [-0.2, -0.15) is 0 Å². The van der Waals surface area contributed by atoms with E-state index >= 15 is 0 Å². The molecule has 1 saturated carbocycles. The van der Waals surface area contributed by atoms with Crippen molar-refractivity contribution in [1.29, 1.82) is 0 Å². The Hall–Kier alpha value is -2.20. The zero-order valence-corrected chi connectivity index (χ0v) is 15.8. The zero-order chi connectivity index (χ0) is 18.3. The third-order valence-corrected chi connectivity index (χ3v) is 6.53. The number of rotatable bonds is 4. The number of benzene rings is 1. The van der Waals surface area contributed by atoms with Crippen molar-refractivity contribution in [2.75, 3.05) is 18.0 Å². The molecule has 1 aromatic heterocycles.